The molecule has 0 radical (unpaired) electrons. The molecule has 0 atom stereocenters. The lowest BCUT2D eigenvalue weighted by Gasteiger charge is -2.57. The molecule has 1 aromatic rings. The molecule has 0 bridgehead atoms. The molecule has 1 saturated carbocycles. The first kappa shape index (κ1) is 12.0. The number of rotatable bonds is 3. The molecule has 0 aromatic heterocycles. The van der Waals surface area contributed by atoms with Crippen molar-refractivity contribution in [2.45, 2.75) is 38.5 Å². The van der Waals surface area contributed by atoms with Gasteiger partial charge in [-0.3, -0.25) is 0 Å². The van der Waals surface area contributed by atoms with Crippen LogP contribution in [0.15, 0.2) is 24.3 Å². The SMILES string of the molecule is CC(C)(CN)c1ccc(N2CC3(CCC3)C2)cc1. The number of benzene rings is 1. The second-order valence-electron chi connectivity index (χ2n) is 6.84. The van der Waals surface area contributed by atoms with E-state index in [1.165, 1.54) is 43.6 Å². The van der Waals surface area contributed by atoms with Crippen LogP contribution in [0.5, 0.6) is 0 Å². The van der Waals surface area contributed by atoms with Crippen LogP contribution < -0.4 is 10.6 Å². The molecular weight excluding hydrogens is 220 g/mol. The van der Waals surface area contributed by atoms with Gasteiger partial charge in [0.2, 0.25) is 0 Å². The van der Waals surface area contributed by atoms with Gasteiger partial charge in [0.25, 0.3) is 0 Å². The van der Waals surface area contributed by atoms with Crippen molar-refractivity contribution in [3.63, 3.8) is 0 Å². The predicted molar refractivity (Wildman–Crippen MR) is 77.0 cm³/mol. The van der Waals surface area contributed by atoms with Gasteiger partial charge in [-0.15, -0.1) is 0 Å². The van der Waals surface area contributed by atoms with E-state index in [0.717, 1.165) is 0 Å². The molecule has 18 heavy (non-hydrogen) atoms. The second-order valence-corrected chi connectivity index (χ2v) is 6.84. The average Bonchev–Trinajstić information content (AvgIpc) is 2.26. The van der Waals surface area contributed by atoms with E-state index in [9.17, 15) is 0 Å². The van der Waals surface area contributed by atoms with Crippen molar-refractivity contribution < 1.29 is 0 Å². The Kier molecular flexibility index (Phi) is 2.67. The lowest BCUT2D eigenvalue weighted by atomic mass is 9.63. The van der Waals surface area contributed by atoms with E-state index in [2.05, 4.69) is 43.0 Å². The van der Waals surface area contributed by atoms with Crippen LogP contribution >= 0.6 is 0 Å². The first-order valence-electron chi connectivity index (χ1n) is 7.10. The maximum Gasteiger partial charge on any atom is 0.0366 e. The van der Waals surface area contributed by atoms with E-state index < -0.39 is 0 Å². The van der Waals surface area contributed by atoms with Gasteiger partial charge in [0.05, 0.1) is 0 Å². The molecule has 2 fully saturated rings. The third kappa shape index (κ3) is 1.83. The van der Waals surface area contributed by atoms with Crippen molar-refractivity contribution in [2.75, 3.05) is 24.5 Å². The van der Waals surface area contributed by atoms with E-state index in [4.69, 9.17) is 5.73 Å². The maximum atomic E-state index is 5.82. The summed E-state index contributed by atoms with van der Waals surface area (Å²) in [6.07, 6.45) is 4.33. The summed E-state index contributed by atoms with van der Waals surface area (Å²) in [5, 5.41) is 0. The molecule has 3 rings (SSSR count). The molecule has 1 aromatic carbocycles. The molecule has 1 heterocycles. The lowest BCUT2D eigenvalue weighted by molar-refractivity contribution is 0.0904. The summed E-state index contributed by atoms with van der Waals surface area (Å²) in [4.78, 5) is 2.51. The molecule has 2 nitrogen and oxygen atoms in total. The van der Waals surface area contributed by atoms with Crippen molar-refractivity contribution in [1.82, 2.24) is 0 Å². The molecule has 0 unspecified atom stereocenters. The third-order valence-corrected chi connectivity index (χ3v) is 4.99. The van der Waals surface area contributed by atoms with Crippen LogP contribution in [-0.4, -0.2) is 19.6 Å². The first-order valence-corrected chi connectivity index (χ1v) is 7.10. The molecule has 2 N–H and O–H groups in total. The quantitative estimate of drug-likeness (QED) is 0.886. The molecule has 1 saturated heterocycles. The van der Waals surface area contributed by atoms with E-state index in [1.54, 1.807) is 0 Å². The zero-order valence-electron chi connectivity index (χ0n) is 11.6. The fraction of sp³-hybridized carbons (Fsp3) is 0.625. The van der Waals surface area contributed by atoms with E-state index >= 15 is 0 Å². The Hall–Kier alpha value is -1.02. The molecular formula is C16H24N2. The zero-order valence-corrected chi connectivity index (χ0v) is 11.6. The fourth-order valence-corrected chi connectivity index (χ4v) is 3.18. The normalized spacial score (nSPS) is 21.6. The molecule has 98 valence electrons. The van der Waals surface area contributed by atoms with Crippen LogP contribution in [-0.2, 0) is 5.41 Å². The van der Waals surface area contributed by atoms with Gasteiger partial charge in [-0.2, -0.15) is 0 Å². The van der Waals surface area contributed by atoms with Crippen molar-refractivity contribution in [1.29, 1.82) is 0 Å². The maximum absolute atomic E-state index is 5.82. The van der Waals surface area contributed by atoms with Gasteiger partial charge in [0.15, 0.2) is 0 Å². The summed E-state index contributed by atoms with van der Waals surface area (Å²) in [6, 6.07) is 9.01. The molecule has 1 aliphatic carbocycles. The van der Waals surface area contributed by atoms with Crippen LogP contribution in [0.4, 0.5) is 5.69 Å². The fourth-order valence-electron chi connectivity index (χ4n) is 3.18. The lowest BCUT2D eigenvalue weighted by Crippen LogP contribution is -2.59. The Morgan fingerprint density at radius 1 is 1.17 bits per heavy atom. The zero-order chi connectivity index (χ0) is 12.8. The highest BCUT2D eigenvalue weighted by Crippen LogP contribution is 2.49. The Labute approximate surface area is 110 Å². The van der Waals surface area contributed by atoms with Gasteiger partial charge < -0.3 is 10.6 Å². The predicted octanol–water partition coefficient (Wildman–Crippen LogP) is 2.91. The van der Waals surface area contributed by atoms with Gasteiger partial charge >= 0.3 is 0 Å². The van der Waals surface area contributed by atoms with E-state index in [1.807, 2.05) is 0 Å². The van der Waals surface area contributed by atoms with Crippen LogP contribution in [0.1, 0.15) is 38.7 Å². The number of hydrogen-bond donors (Lipinski definition) is 1. The number of nitrogens with zero attached hydrogens (tertiary/aromatic N) is 1. The number of hydrogen-bond acceptors (Lipinski definition) is 2. The Balaban J connectivity index is 1.69. The summed E-state index contributed by atoms with van der Waals surface area (Å²) in [5.41, 5.74) is 9.33. The van der Waals surface area contributed by atoms with Crippen LogP contribution in [0, 0.1) is 5.41 Å². The molecule has 2 aliphatic rings. The topological polar surface area (TPSA) is 29.3 Å². The van der Waals surface area contributed by atoms with Crippen molar-refractivity contribution in [2.24, 2.45) is 11.1 Å². The van der Waals surface area contributed by atoms with Crippen LogP contribution in [0.3, 0.4) is 0 Å². The van der Waals surface area contributed by atoms with Gasteiger partial charge in [0.1, 0.15) is 0 Å². The summed E-state index contributed by atoms with van der Waals surface area (Å²) < 4.78 is 0. The minimum absolute atomic E-state index is 0.0860. The molecule has 1 spiro atoms. The van der Waals surface area contributed by atoms with E-state index in [-0.39, 0.29) is 5.41 Å². The molecule has 2 heteroatoms. The van der Waals surface area contributed by atoms with Crippen LogP contribution in [0.25, 0.3) is 0 Å². The van der Waals surface area contributed by atoms with Gasteiger partial charge in [-0.1, -0.05) is 32.4 Å². The summed E-state index contributed by atoms with van der Waals surface area (Å²) in [7, 11) is 0. The van der Waals surface area contributed by atoms with Gasteiger partial charge in [0, 0.05) is 36.2 Å². The monoisotopic (exact) mass is 244 g/mol. The van der Waals surface area contributed by atoms with Crippen molar-refractivity contribution in [3.8, 4) is 0 Å². The summed E-state index contributed by atoms with van der Waals surface area (Å²) in [6.45, 7) is 7.64. The minimum atomic E-state index is 0.0860. The Bertz CT molecular complexity index is 421. The highest BCUT2D eigenvalue weighted by Gasteiger charge is 2.47. The Morgan fingerprint density at radius 3 is 2.22 bits per heavy atom. The molecule has 0 amide bonds. The highest BCUT2D eigenvalue weighted by atomic mass is 15.2. The van der Waals surface area contributed by atoms with Crippen molar-refractivity contribution >= 4 is 5.69 Å². The largest absolute Gasteiger partial charge is 0.370 e. The van der Waals surface area contributed by atoms with E-state index in [0.29, 0.717) is 12.0 Å². The summed E-state index contributed by atoms with van der Waals surface area (Å²) in [5.74, 6) is 0. The van der Waals surface area contributed by atoms with Crippen molar-refractivity contribution in [3.05, 3.63) is 29.8 Å². The average molecular weight is 244 g/mol. The minimum Gasteiger partial charge on any atom is -0.370 e. The van der Waals surface area contributed by atoms with Crippen LogP contribution in [0.2, 0.25) is 0 Å². The third-order valence-electron chi connectivity index (χ3n) is 4.99. The molecule has 1 aliphatic heterocycles. The number of nitrogens with two attached hydrogens (primary N) is 1. The Morgan fingerprint density at radius 2 is 1.78 bits per heavy atom. The first-order chi connectivity index (χ1) is 8.55. The van der Waals surface area contributed by atoms with Gasteiger partial charge in [-0.05, 0) is 30.5 Å². The smallest absolute Gasteiger partial charge is 0.0366 e. The second kappa shape index (κ2) is 3.99. The summed E-state index contributed by atoms with van der Waals surface area (Å²) >= 11 is 0. The number of anilines is 1. The highest BCUT2D eigenvalue weighted by molar-refractivity contribution is 5.52. The van der Waals surface area contributed by atoms with Gasteiger partial charge in [-0.25, -0.2) is 0 Å². The standard InChI is InChI=1S/C16H24N2/c1-15(2,10-17)13-4-6-14(7-5-13)18-11-16(12-18)8-3-9-16/h4-7H,3,8-12,17H2,1-2H3.